The van der Waals surface area contributed by atoms with Gasteiger partial charge in [-0.25, -0.2) is 4.79 Å². The van der Waals surface area contributed by atoms with E-state index in [4.69, 9.17) is 0 Å². The maximum atomic E-state index is 13.1. The van der Waals surface area contributed by atoms with Crippen molar-refractivity contribution < 1.29 is 24.3 Å². The second-order valence-electron chi connectivity index (χ2n) is 11.5. The number of carboxylic acids is 1. The molecule has 4 heterocycles. The fourth-order valence-electron chi connectivity index (χ4n) is 6.78. The molecular formula is C26H37N3O5S. The molecule has 9 heteroatoms. The minimum absolute atomic E-state index is 0.0417. The van der Waals surface area contributed by atoms with Crippen LogP contribution in [0.5, 0.6) is 0 Å². The number of hydrogen-bond donors (Lipinski definition) is 2. The van der Waals surface area contributed by atoms with Crippen molar-refractivity contribution in [2.45, 2.75) is 76.6 Å². The van der Waals surface area contributed by atoms with Gasteiger partial charge in [-0.05, 0) is 43.9 Å². The Morgan fingerprint density at radius 1 is 1.20 bits per heavy atom. The molecule has 0 bridgehead atoms. The Labute approximate surface area is 211 Å². The first-order chi connectivity index (χ1) is 16.7. The number of hydrogen-bond acceptors (Lipinski definition) is 6. The maximum Gasteiger partial charge on any atom is 0.353 e. The molecule has 0 unspecified atom stereocenters. The van der Waals surface area contributed by atoms with Crippen LogP contribution in [0.3, 0.4) is 0 Å². The molecule has 2 amide bonds. The minimum Gasteiger partial charge on any atom is -0.477 e. The zero-order valence-electron chi connectivity index (χ0n) is 20.9. The van der Waals surface area contributed by atoms with Crippen LogP contribution in [0.25, 0.3) is 0 Å². The topological polar surface area (TPSA) is 107 Å². The number of carbonyl (C=O) groups is 4. The summed E-state index contributed by atoms with van der Waals surface area (Å²) in [5.74, 6) is -0.0514. The van der Waals surface area contributed by atoms with Gasteiger partial charge in [0, 0.05) is 42.1 Å². The third-order valence-corrected chi connectivity index (χ3v) is 10.2. The largest absolute Gasteiger partial charge is 0.477 e. The summed E-state index contributed by atoms with van der Waals surface area (Å²) in [6.45, 7) is 7.78. The number of nitrogens with zero attached hydrogens (tertiary/aromatic N) is 2. The quantitative estimate of drug-likeness (QED) is 0.466. The lowest BCUT2D eigenvalue weighted by molar-refractivity contribution is -0.160. The molecular weight excluding hydrogens is 466 g/mol. The van der Waals surface area contributed by atoms with Crippen molar-refractivity contribution in [2.75, 3.05) is 19.6 Å². The number of ketones is 1. The van der Waals surface area contributed by atoms with E-state index in [2.05, 4.69) is 5.32 Å². The number of carbonyl (C=O) groups excluding carboxylic acids is 3. The molecule has 0 aromatic carbocycles. The van der Waals surface area contributed by atoms with Gasteiger partial charge < -0.3 is 25.0 Å². The highest BCUT2D eigenvalue weighted by atomic mass is 32.2. The van der Waals surface area contributed by atoms with Crippen LogP contribution in [0.1, 0.15) is 59.3 Å². The SMILES string of the molecule is CC(=O)C[C@H](C)[C@H]1C(=O)N2C(C(=O)O)=C(S[C@@H]3CN[C@H](C(=O)N4CC[C@H](CC5CC5)C4)C3)[C@H](C)[C@H]12. The van der Waals surface area contributed by atoms with Gasteiger partial charge in [-0.3, -0.25) is 9.59 Å². The van der Waals surface area contributed by atoms with E-state index in [1.165, 1.54) is 42.8 Å². The molecule has 0 spiro atoms. The molecule has 35 heavy (non-hydrogen) atoms. The number of Topliss-reactive ketones (excluding diaryl/α,β-unsaturated/α-hetero) is 1. The highest BCUT2D eigenvalue weighted by Gasteiger charge is 2.60. The molecule has 4 aliphatic heterocycles. The molecule has 0 aromatic rings. The molecule has 192 valence electrons. The Morgan fingerprint density at radius 3 is 2.60 bits per heavy atom. The molecule has 7 atom stereocenters. The van der Waals surface area contributed by atoms with Gasteiger partial charge in [-0.15, -0.1) is 11.8 Å². The third-order valence-electron chi connectivity index (χ3n) is 8.66. The average Bonchev–Trinajstić information content (AvgIpc) is 3.18. The van der Waals surface area contributed by atoms with Gasteiger partial charge in [0.05, 0.1) is 18.0 Å². The summed E-state index contributed by atoms with van der Waals surface area (Å²) in [5.41, 5.74) is 0.0982. The summed E-state index contributed by atoms with van der Waals surface area (Å²) in [6, 6.07) is -0.426. The van der Waals surface area contributed by atoms with E-state index < -0.39 is 5.97 Å². The standard InChI is InChI=1S/C26H37N3O5S/c1-13(8-14(2)30)20-21-15(3)23(22(26(33)34)29(21)25(20)32)35-18-10-19(27-11-18)24(31)28-7-6-17(12-28)9-16-4-5-16/h13,15-21,27H,4-12H2,1-3H3,(H,33,34)/t13-,15+,17+,18-,19-,20+,21+/m0/s1. The fourth-order valence-corrected chi connectivity index (χ4v) is 8.26. The summed E-state index contributed by atoms with van der Waals surface area (Å²) in [4.78, 5) is 54.1. The number of rotatable bonds is 9. The molecule has 0 aromatic heterocycles. The Kier molecular flexibility index (Phi) is 6.76. The second-order valence-corrected chi connectivity index (χ2v) is 12.8. The van der Waals surface area contributed by atoms with Crippen molar-refractivity contribution in [3.8, 4) is 0 Å². The van der Waals surface area contributed by atoms with Gasteiger partial charge >= 0.3 is 5.97 Å². The van der Waals surface area contributed by atoms with E-state index in [9.17, 15) is 24.3 Å². The van der Waals surface area contributed by atoms with Gasteiger partial charge in [-0.2, -0.15) is 0 Å². The minimum atomic E-state index is -1.08. The van der Waals surface area contributed by atoms with Crippen LogP contribution in [-0.2, 0) is 19.2 Å². The zero-order chi connectivity index (χ0) is 25.0. The zero-order valence-corrected chi connectivity index (χ0v) is 21.7. The Balaban J connectivity index is 1.22. The number of thioether (sulfide) groups is 1. The van der Waals surface area contributed by atoms with Crippen LogP contribution < -0.4 is 5.32 Å². The average molecular weight is 504 g/mol. The smallest absolute Gasteiger partial charge is 0.353 e. The predicted molar refractivity (Wildman–Crippen MR) is 132 cm³/mol. The van der Waals surface area contributed by atoms with Gasteiger partial charge in [0.15, 0.2) is 0 Å². The molecule has 5 aliphatic rings. The van der Waals surface area contributed by atoms with Gasteiger partial charge in [0.25, 0.3) is 0 Å². The van der Waals surface area contributed by atoms with E-state index in [0.29, 0.717) is 25.3 Å². The second kappa shape index (κ2) is 9.54. The van der Waals surface area contributed by atoms with Crippen LogP contribution in [-0.4, -0.2) is 75.4 Å². The van der Waals surface area contributed by atoms with Gasteiger partial charge in [0.2, 0.25) is 11.8 Å². The number of fused-ring (bicyclic) bond motifs is 1. The number of amides is 2. The number of β-lactam (4-membered cyclic amide) rings is 1. The Hall–Kier alpha value is -1.87. The first kappa shape index (κ1) is 24.8. The summed E-state index contributed by atoms with van der Waals surface area (Å²) in [5, 5.41) is 13.4. The van der Waals surface area contributed by atoms with E-state index in [0.717, 1.165) is 30.3 Å². The van der Waals surface area contributed by atoms with Crippen LogP contribution in [0.15, 0.2) is 10.6 Å². The summed E-state index contributed by atoms with van der Waals surface area (Å²) in [6.07, 6.45) is 6.05. The number of aliphatic carboxylic acids is 1. The fraction of sp³-hybridized carbons (Fsp3) is 0.769. The van der Waals surface area contributed by atoms with Crippen LogP contribution in [0.2, 0.25) is 0 Å². The summed E-state index contributed by atoms with van der Waals surface area (Å²) in [7, 11) is 0. The molecule has 8 nitrogen and oxygen atoms in total. The first-order valence-corrected chi connectivity index (χ1v) is 14.0. The molecule has 3 saturated heterocycles. The highest BCUT2D eigenvalue weighted by Crippen LogP contribution is 2.53. The predicted octanol–water partition coefficient (Wildman–Crippen LogP) is 2.49. The normalized spacial score (nSPS) is 35.3. The molecule has 4 fully saturated rings. The summed E-state index contributed by atoms with van der Waals surface area (Å²) < 4.78 is 0. The Bertz CT molecular complexity index is 963. The van der Waals surface area contributed by atoms with E-state index in [1.807, 2.05) is 18.7 Å². The number of carboxylic acid groups (broad SMARTS) is 1. The van der Waals surface area contributed by atoms with E-state index in [1.54, 1.807) is 0 Å². The van der Waals surface area contributed by atoms with Crippen molar-refractivity contribution in [2.24, 2.45) is 29.6 Å². The van der Waals surface area contributed by atoms with Gasteiger partial charge in [-0.1, -0.05) is 26.7 Å². The van der Waals surface area contributed by atoms with Crippen molar-refractivity contribution in [1.29, 1.82) is 0 Å². The Morgan fingerprint density at radius 2 is 1.94 bits per heavy atom. The molecule has 0 radical (unpaired) electrons. The van der Waals surface area contributed by atoms with Crippen molar-refractivity contribution in [1.82, 2.24) is 15.1 Å². The van der Waals surface area contributed by atoms with Crippen LogP contribution in [0.4, 0.5) is 0 Å². The molecule has 2 N–H and O–H groups in total. The van der Waals surface area contributed by atoms with Crippen molar-refractivity contribution >= 4 is 35.3 Å². The monoisotopic (exact) mass is 503 g/mol. The summed E-state index contributed by atoms with van der Waals surface area (Å²) >= 11 is 1.52. The molecule has 1 aliphatic carbocycles. The first-order valence-electron chi connectivity index (χ1n) is 13.1. The lowest BCUT2D eigenvalue weighted by Gasteiger charge is -2.47. The third kappa shape index (κ3) is 4.66. The van der Waals surface area contributed by atoms with Crippen LogP contribution in [0, 0.1) is 29.6 Å². The number of likely N-dealkylation sites (tertiary alicyclic amines) is 1. The van der Waals surface area contributed by atoms with Crippen molar-refractivity contribution in [3.63, 3.8) is 0 Å². The number of nitrogens with one attached hydrogen (secondary N) is 1. The molecule has 5 rings (SSSR count). The highest BCUT2D eigenvalue weighted by molar-refractivity contribution is 8.03. The lowest BCUT2D eigenvalue weighted by atomic mass is 9.73. The van der Waals surface area contributed by atoms with Gasteiger partial charge in [0.1, 0.15) is 11.5 Å². The van der Waals surface area contributed by atoms with Crippen LogP contribution >= 0.6 is 11.8 Å². The lowest BCUT2D eigenvalue weighted by Crippen LogP contribution is -2.62. The van der Waals surface area contributed by atoms with E-state index >= 15 is 0 Å². The van der Waals surface area contributed by atoms with Crippen molar-refractivity contribution in [3.05, 3.63) is 10.6 Å². The molecule has 1 saturated carbocycles. The van der Waals surface area contributed by atoms with E-state index in [-0.39, 0.29) is 58.4 Å². The maximum absolute atomic E-state index is 13.1.